The van der Waals surface area contributed by atoms with Gasteiger partial charge in [-0.1, -0.05) is 43.3 Å². The highest BCUT2D eigenvalue weighted by Crippen LogP contribution is 2.56. The second kappa shape index (κ2) is 5.88. The zero-order valence-electron chi connectivity index (χ0n) is 15.4. The van der Waals surface area contributed by atoms with Crippen LogP contribution in [-0.2, 0) is 4.74 Å². The van der Waals surface area contributed by atoms with Crippen LogP contribution in [0, 0.1) is 24.2 Å². The standard InChI is InChI=1S/C21H30OS/c1-14-7-9-16(10-8-14)23-19-15(2)22-21(5,6)18-11-12-20(3,4)13-17(18)19/h7-10,17-18H,11-13H2,1-6H3/t17-,18+/m0/s1. The Balaban J connectivity index is 1.94. The van der Waals surface area contributed by atoms with Gasteiger partial charge >= 0.3 is 0 Å². The lowest BCUT2D eigenvalue weighted by atomic mass is 9.62. The minimum atomic E-state index is -0.0391. The van der Waals surface area contributed by atoms with E-state index in [9.17, 15) is 0 Å². The van der Waals surface area contributed by atoms with Gasteiger partial charge in [-0.05, 0) is 64.5 Å². The number of fused-ring (bicyclic) bond motifs is 1. The number of aryl methyl sites for hydroxylation is 1. The van der Waals surface area contributed by atoms with Gasteiger partial charge < -0.3 is 4.74 Å². The lowest BCUT2D eigenvalue weighted by Gasteiger charge is -2.51. The van der Waals surface area contributed by atoms with Crippen molar-refractivity contribution in [1.82, 2.24) is 0 Å². The summed E-state index contributed by atoms with van der Waals surface area (Å²) in [6.45, 7) is 13.7. The summed E-state index contributed by atoms with van der Waals surface area (Å²) in [5.74, 6) is 2.40. The average Bonchev–Trinajstić information content (AvgIpc) is 2.43. The van der Waals surface area contributed by atoms with E-state index in [4.69, 9.17) is 4.74 Å². The Hall–Kier alpha value is -0.890. The predicted molar refractivity (Wildman–Crippen MR) is 99.5 cm³/mol. The monoisotopic (exact) mass is 330 g/mol. The summed E-state index contributed by atoms with van der Waals surface area (Å²) >= 11 is 1.92. The summed E-state index contributed by atoms with van der Waals surface area (Å²) in [5, 5.41) is 0. The average molecular weight is 331 g/mol. The Labute approximate surface area is 145 Å². The molecule has 0 spiro atoms. The Kier molecular flexibility index (Phi) is 4.33. The van der Waals surface area contributed by atoms with Crippen LogP contribution in [0.4, 0.5) is 0 Å². The molecule has 2 aliphatic rings. The molecule has 0 aromatic heterocycles. The van der Waals surface area contributed by atoms with E-state index in [1.165, 1.54) is 34.6 Å². The maximum absolute atomic E-state index is 6.38. The molecule has 1 nitrogen and oxygen atoms in total. The number of hydrogen-bond acceptors (Lipinski definition) is 2. The molecule has 0 unspecified atom stereocenters. The first kappa shape index (κ1) is 17.0. The SMILES string of the molecule is CC1=C(Sc2ccc(C)cc2)[C@H]2CC(C)(C)CC[C@H]2C(C)(C)O1. The molecule has 23 heavy (non-hydrogen) atoms. The Morgan fingerprint density at radius 1 is 1.04 bits per heavy atom. The molecule has 0 bridgehead atoms. The van der Waals surface area contributed by atoms with Crippen molar-refractivity contribution in [2.24, 2.45) is 17.3 Å². The molecule has 3 rings (SSSR count). The van der Waals surface area contributed by atoms with E-state index in [0.717, 1.165) is 5.76 Å². The summed E-state index contributed by atoms with van der Waals surface area (Å²) in [7, 11) is 0. The zero-order valence-corrected chi connectivity index (χ0v) is 16.2. The first-order valence-electron chi connectivity index (χ1n) is 8.82. The van der Waals surface area contributed by atoms with Gasteiger partial charge in [0.2, 0.25) is 0 Å². The molecule has 1 aromatic rings. The number of ether oxygens (including phenoxy) is 1. The van der Waals surface area contributed by atoms with E-state index >= 15 is 0 Å². The molecule has 2 heteroatoms. The number of allylic oxidation sites excluding steroid dienone is 2. The fourth-order valence-corrected chi connectivity index (χ4v) is 5.47. The molecule has 0 saturated heterocycles. The van der Waals surface area contributed by atoms with Crippen molar-refractivity contribution in [3.63, 3.8) is 0 Å². The minimum absolute atomic E-state index is 0.0391. The van der Waals surface area contributed by atoms with Crippen molar-refractivity contribution in [1.29, 1.82) is 0 Å². The van der Waals surface area contributed by atoms with Gasteiger partial charge in [-0.2, -0.15) is 0 Å². The molecule has 126 valence electrons. The van der Waals surface area contributed by atoms with Crippen LogP contribution in [0.25, 0.3) is 0 Å². The van der Waals surface area contributed by atoms with Crippen molar-refractivity contribution in [3.05, 3.63) is 40.5 Å². The highest BCUT2D eigenvalue weighted by molar-refractivity contribution is 8.03. The molecular weight excluding hydrogens is 300 g/mol. The van der Waals surface area contributed by atoms with E-state index in [1.54, 1.807) is 0 Å². The third-order valence-electron chi connectivity index (χ3n) is 5.63. The minimum Gasteiger partial charge on any atom is -0.491 e. The largest absolute Gasteiger partial charge is 0.491 e. The van der Waals surface area contributed by atoms with Crippen LogP contribution in [0.3, 0.4) is 0 Å². The molecular formula is C21H30OS. The highest BCUT2D eigenvalue weighted by Gasteiger charge is 2.48. The van der Waals surface area contributed by atoms with Gasteiger partial charge in [-0.3, -0.25) is 0 Å². The van der Waals surface area contributed by atoms with Gasteiger partial charge in [0.25, 0.3) is 0 Å². The van der Waals surface area contributed by atoms with Crippen molar-refractivity contribution >= 4 is 11.8 Å². The molecule has 1 heterocycles. The molecule has 1 aromatic carbocycles. The normalized spacial score (nSPS) is 29.0. The third-order valence-corrected chi connectivity index (χ3v) is 6.95. The quantitative estimate of drug-likeness (QED) is 0.606. The number of rotatable bonds is 2. The van der Waals surface area contributed by atoms with Crippen LogP contribution in [0.5, 0.6) is 0 Å². The molecule has 1 saturated carbocycles. The molecule has 0 amide bonds. The topological polar surface area (TPSA) is 9.23 Å². The van der Waals surface area contributed by atoms with Crippen LogP contribution >= 0.6 is 11.8 Å². The summed E-state index contributed by atoms with van der Waals surface area (Å²) in [6.07, 6.45) is 3.86. The zero-order chi connectivity index (χ0) is 16.8. The van der Waals surface area contributed by atoms with Gasteiger partial charge in [0.15, 0.2) is 0 Å². The molecule has 1 aliphatic heterocycles. The van der Waals surface area contributed by atoms with Crippen LogP contribution < -0.4 is 0 Å². The fourth-order valence-electron chi connectivity index (χ4n) is 4.36. The fraction of sp³-hybridized carbons (Fsp3) is 0.619. The maximum atomic E-state index is 6.38. The van der Waals surface area contributed by atoms with Crippen molar-refractivity contribution in [3.8, 4) is 0 Å². The summed E-state index contributed by atoms with van der Waals surface area (Å²) in [4.78, 5) is 2.79. The Morgan fingerprint density at radius 2 is 1.70 bits per heavy atom. The smallest absolute Gasteiger partial charge is 0.106 e. The van der Waals surface area contributed by atoms with Crippen LogP contribution in [0.1, 0.15) is 59.4 Å². The summed E-state index contributed by atoms with van der Waals surface area (Å²) in [6, 6.07) is 8.88. The van der Waals surface area contributed by atoms with Crippen LogP contribution in [-0.4, -0.2) is 5.60 Å². The van der Waals surface area contributed by atoms with Crippen LogP contribution in [0.2, 0.25) is 0 Å². The first-order chi connectivity index (χ1) is 10.7. The Bertz CT molecular complexity index is 609. The first-order valence-corrected chi connectivity index (χ1v) is 9.64. The van der Waals surface area contributed by atoms with E-state index in [2.05, 4.69) is 65.8 Å². The van der Waals surface area contributed by atoms with E-state index in [-0.39, 0.29) is 5.60 Å². The number of hydrogen-bond donors (Lipinski definition) is 0. The maximum Gasteiger partial charge on any atom is 0.106 e. The van der Waals surface area contributed by atoms with Crippen molar-refractivity contribution < 1.29 is 4.74 Å². The van der Waals surface area contributed by atoms with E-state index < -0.39 is 0 Å². The molecule has 1 fully saturated rings. The molecule has 0 radical (unpaired) electrons. The van der Waals surface area contributed by atoms with Gasteiger partial charge in [-0.25, -0.2) is 0 Å². The highest BCUT2D eigenvalue weighted by atomic mass is 32.2. The molecule has 1 aliphatic carbocycles. The lowest BCUT2D eigenvalue weighted by Crippen LogP contribution is -2.47. The number of thioether (sulfide) groups is 1. The van der Waals surface area contributed by atoms with Gasteiger partial charge in [0, 0.05) is 21.6 Å². The predicted octanol–water partition coefficient (Wildman–Crippen LogP) is 6.57. The van der Waals surface area contributed by atoms with E-state index in [0.29, 0.717) is 17.3 Å². The second-order valence-corrected chi connectivity index (χ2v) is 9.78. The third kappa shape index (κ3) is 3.47. The molecule has 0 N–H and O–H groups in total. The number of benzene rings is 1. The summed E-state index contributed by atoms with van der Waals surface area (Å²) < 4.78 is 6.38. The Morgan fingerprint density at radius 3 is 2.35 bits per heavy atom. The van der Waals surface area contributed by atoms with Gasteiger partial charge in [-0.15, -0.1) is 0 Å². The summed E-state index contributed by atoms with van der Waals surface area (Å²) in [5.41, 5.74) is 1.72. The van der Waals surface area contributed by atoms with Gasteiger partial charge in [0.1, 0.15) is 11.4 Å². The second-order valence-electron chi connectivity index (χ2n) is 8.66. The molecule has 2 atom stereocenters. The van der Waals surface area contributed by atoms with E-state index in [1.807, 2.05) is 11.8 Å². The van der Waals surface area contributed by atoms with Crippen LogP contribution in [0.15, 0.2) is 39.8 Å². The van der Waals surface area contributed by atoms with Gasteiger partial charge in [0.05, 0.1) is 0 Å². The van der Waals surface area contributed by atoms with Crippen molar-refractivity contribution in [2.75, 3.05) is 0 Å². The lowest BCUT2D eigenvalue weighted by molar-refractivity contribution is -0.0779. The van der Waals surface area contributed by atoms with Crippen molar-refractivity contribution in [2.45, 2.75) is 71.3 Å².